The number of ether oxygens (including phenoxy) is 3. The van der Waals surface area contributed by atoms with Crippen LogP contribution in [0.5, 0.6) is 0 Å². The molecule has 1 fully saturated rings. The lowest BCUT2D eigenvalue weighted by atomic mass is 10.2. The molecule has 1 aliphatic rings. The van der Waals surface area contributed by atoms with Crippen LogP contribution in [0, 0.1) is 0 Å². The summed E-state index contributed by atoms with van der Waals surface area (Å²) < 4.78 is 15.5. The Morgan fingerprint density at radius 1 is 1.69 bits per heavy atom. The second kappa shape index (κ2) is 4.07. The molecule has 0 aromatic rings. The molecular weight excluding hydrogens is 172 g/mol. The fourth-order valence-corrected chi connectivity index (χ4v) is 1.25. The number of esters is 1. The van der Waals surface area contributed by atoms with Crippen molar-refractivity contribution in [3.63, 3.8) is 0 Å². The predicted molar refractivity (Wildman–Crippen MR) is 46.2 cm³/mol. The van der Waals surface area contributed by atoms with E-state index in [-0.39, 0.29) is 18.5 Å². The van der Waals surface area contributed by atoms with Crippen molar-refractivity contribution in [1.82, 2.24) is 0 Å². The summed E-state index contributed by atoms with van der Waals surface area (Å²) in [6.45, 7) is 4.34. The fraction of sp³-hybridized carbons (Fsp3) is 0.889. The van der Waals surface area contributed by atoms with E-state index in [4.69, 9.17) is 9.47 Å². The molecule has 2 unspecified atom stereocenters. The molecule has 0 radical (unpaired) electrons. The van der Waals surface area contributed by atoms with Gasteiger partial charge < -0.3 is 14.2 Å². The number of carbonyl (C=O) groups excluding carboxylic acids is 1. The van der Waals surface area contributed by atoms with Gasteiger partial charge in [0, 0.05) is 0 Å². The Morgan fingerprint density at radius 3 is 2.85 bits per heavy atom. The van der Waals surface area contributed by atoms with Gasteiger partial charge in [0.05, 0.1) is 26.2 Å². The molecular formula is C9H16O4. The van der Waals surface area contributed by atoms with Crippen molar-refractivity contribution in [1.29, 1.82) is 0 Å². The molecule has 2 atom stereocenters. The molecule has 0 amide bonds. The zero-order valence-electron chi connectivity index (χ0n) is 8.33. The second-order valence-corrected chi connectivity index (χ2v) is 3.32. The number of methoxy groups -OCH3 is 1. The van der Waals surface area contributed by atoms with Crippen molar-refractivity contribution >= 4 is 5.97 Å². The van der Waals surface area contributed by atoms with Crippen LogP contribution in [-0.4, -0.2) is 31.6 Å². The smallest absolute Gasteiger partial charge is 0.308 e. The lowest BCUT2D eigenvalue weighted by Crippen LogP contribution is -2.26. The van der Waals surface area contributed by atoms with E-state index < -0.39 is 5.79 Å². The van der Waals surface area contributed by atoms with Gasteiger partial charge in [-0.15, -0.1) is 0 Å². The van der Waals surface area contributed by atoms with Gasteiger partial charge in [0.15, 0.2) is 5.79 Å². The average Bonchev–Trinajstić information content (AvgIpc) is 2.48. The van der Waals surface area contributed by atoms with Crippen molar-refractivity contribution < 1.29 is 19.0 Å². The quantitative estimate of drug-likeness (QED) is 0.622. The highest BCUT2D eigenvalue weighted by atomic mass is 16.7. The summed E-state index contributed by atoms with van der Waals surface area (Å²) in [7, 11) is 1.37. The summed E-state index contributed by atoms with van der Waals surface area (Å²) in [5.41, 5.74) is 0. The molecule has 1 rings (SSSR count). The summed E-state index contributed by atoms with van der Waals surface area (Å²) in [6, 6.07) is 0. The molecule has 0 aromatic carbocycles. The van der Waals surface area contributed by atoms with Crippen LogP contribution in [-0.2, 0) is 19.0 Å². The first-order valence-electron chi connectivity index (χ1n) is 4.48. The van der Waals surface area contributed by atoms with Crippen molar-refractivity contribution in [2.24, 2.45) is 0 Å². The van der Waals surface area contributed by atoms with Crippen molar-refractivity contribution in [2.75, 3.05) is 13.7 Å². The third-order valence-corrected chi connectivity index (χ3v) is 2.25. The maximum absolute atomic E-state index is 10.9. The van der Waals surface area contributed by atoms with E-state index in [9.17, 15) is 4.79 Å². The first kappa shape index (κ1) is 10.5. The summed E-state index contributed by atoms with van der Waals surface area (Å²) in [5, 5.41) is 0. The van der Waals surface area contributed by atoms with Gasteiger partial charge in [-0.3, -0.25) is 4.79 Å². The highest BCUT2D eigenvalue weighted by Gasteiger charge is 2.36. The zero-order valence-corrected chi connectivity index (χ0v) is 8.33. The van der Waals surface area contributed by atoms with Crippen LogP contribution in [0.4, 0.5) is 0 Å². The summed E-state index contributed by atoms with van der Waals surface area (Å²) in [4.78, 5) is 10.9. The van der Waals surface area contributed by atoms with E-state index in [1.807, 2.05) is 13.8 Å². The van der Waals surface area contributed by atoms with Crippen LogP contribution >= 0.6 is 0 Å². The van der Waals surface area contributed by atoms with Gasteiger partial charge in [0.25, 0.3) is 0 Å². The maximum Gasteiger partial charge on any atom is 0.308 e. The van der Waals surface area contributed by atoms with E-state index in [2.05, 4.69) is 4.74 Å². The maximum atomic E-state index is 10.9. The van der Waals surface area contributed by atoms with Gasteiger partial charge in [-0.1, -0.05) is 6.92 Å². The molecule has 76 valence electrons. The SMILES string of the molecule is CCC1(C)OCC(CC(=O)OC)O1. The third-order valence-electron chi connectivity index (χ3n) is 2.25. The van der Waals surface area contributed by atoms with Crippen LogP contribution < -0.4 is 0 Å². The molecule has 0 N–H and O–H groups in total. The number of hydrogen-bond acceptors (Lipinski definition) is 4. The third kappa shape index (κ3) is 2.67. The highest BCUT2D eigenvalue weighted by molar-refractivity contribution is 5.69. The summed E-state index contributed by atoms with van der Waals surface area (Å²) in [6.07, 6.45) is 0.897. The van der Waals surface area contributed by atoms with Gasteiger partial charge in [-0.25, -0.2) is 0 Å². The lowest BCUT2D eigenvalue weighted by Gasteiger charge is -2.20. The Morgan fingerprint density at radius 2 is 2.38 bits per heavy atom. The molecule has 0 spiro atoms. The Balaban J connectivity index is 2.37. The van der Waals surface area contributed by atoms with Crippen LogP contribution in [0.25, 0.3) is 0 Å². The average molecular weight is 188 g/mol. The number of carbonyl (C=O) groups is 1. The molecule has 0 saturated carbocycles. The van der Waals surface area contributed by atoms with Crippen LogP contribution in [0.2, 0.25) is 0 Å². The first-order valence-corrected chi connectivity index (χ1v) is 4.48. The molecule has 1 heterocycles. The monoisotopic (exact) mass is 188 g/mol. The zero-order chi connectivity index (χ0) is 9.90. The van der Waals surface area contributed by atoms with E-state index in [0.717, 1.165) is 6.42 Å². The number of hydrogen-bond donors (Lipinski definition) is 0. The minimum absolute atomic E-state index is 0.155. The Kier molecular flexibility index (Phi) is 3.27. The largest absolute Gasteiger partial charge is 0.469 e. The molecule has 4 nitrogen and oxygen atoms in total. The van der Waals surface area contributed by atoms with Crippen LogP contribution in [0.1, 0.15) is 26.7 Å². The van der Waals surface area contributed by atoms with Crippen molar-refractivity contribution in [2.45, 2.75) is 38.6 Å². The normalized spacial score (nSPS) is 33.3. The van der Waals surface area contributed by atoms with E-state index in [0.29, 0.717) is 6.61 Å². The first-order chi connectivity index (χ1) is 6.09. The fourth-order valence-electron chi connectivity index (χ4n) is 1.25. The molecule has 13 heavy (non-hydrogen) atoms. The lowest BCUT2D eigenvalue weighted by molar-refractivity contribution is -0.161. The van der Waals surface area contributed by atoms with E-state index in [1.165, 1.54) is 7.11 Å². The molecule has 1 saturated heterocycles. The predicted octanol–water partition coefficient (Wildman–Crippen LogP) is 1.09. The van der Waals surface area contributed by atoms with Crippen LogP contribution in [0.15, 0.2) is 0 Å². The van der Waals surface area contributed by atoms with Crippen LogP contribution in [0.3, 0.4) is 0 Å². The van der Waals surface area contributed by atoms with Gasteiger partial charge in [-0.05, 0) is 13.3 Å². The van der Waals surface area contributed by atoms with E-state index in [1.54, 1.807) is 0 Å². The molecule has 1 aliphatic heterocycles. The van der Waals surface area contributed by atoms with Gasteiger partial charge >= 0.3 is 5.97 Å². The number of rotatable bonds is 3. The van der Waals surface area contributed by atoms with Gasteiger partial charge in [-0.2, -0.15) is 0 Å². The molecule has 0 bridgehead atoms. The minimum Gasteiger partial charge on any atom is -0.469 e. The molecule has 0 aromatic heterocycles. The van der Waals surface area contributed by atoms with Gasteiger partial charge in [0.2, 0.25) is 0 Å². The Bertz CT molecular complexity index is 192. The summed E-state index contributed by atoms with van der Waals surface area (Å²) >= 11 is 0. The highest BCUT2D eigenvalue weighted by Crippen LogP contribution is 2.27. The second-order valence-electron chi connectivity index (χ2n) is 3.32. The van der Waals surface area contributed by atoms with Gasteiger partial charge in [0.1, 0.15) is 0 Å². The Hall–Kier alpha value is -0.610. The minimum atomic E-state index is -0.515. The van der Waals surface area contributed by atoms with Crippen molar-refractivity contribution in [3.8, 4) is 0 Å². The Labute approximate surface area is 78.2 Å². The van der Waals surface area contributed by atoms with Crippen molar-refractivity contribution in [3.05, 3.63) is 0 Å². The topological polar surface area (TPSA) is 44.8 Å². The standard InChI is InChI=1S/C9H16O4/c1-4-9(2)12-6-7(13-9)5-8(10)11-3/h7H,4-6H2,1-3H3. The van der Waals surface area contributed by atoms with E-state index >= 15 is 0 Å². The molecule has 0 aliphatic carbocycles. The summed E-state index contributed by atoms with van der Waals surface area (Å²) in [5.74, 6) is -0.771. The molecule has 4 heteroatoms.